The molecule has 0 spiro atoms. The lowest BCUT2D eigenvalue weighted by atomic mass is 10.0. The second-order valence-electron chi connectivity index (χ2n) is 6.02. The predicted octanol–water partition coefficient (Wildman–Crippen LogP) is 3.02. The monoisotopic (exact) mass is 331 g/mol. The molecule has 0 aliphatic rings. The van der Waals surface area contributed by atoms with E-state index in [1.807, 2.05) is 24.3 Å². The van der Waals surface area contributed by atoms with Crippen LogP contribution in [0.5, 0.6) is 0 Å². The molecule has 24 heavy (non-hydrogen) atoms. The van der Waals surface area contributed by atoms with E-state index in [1.54, 1.807) is 0 Å². The number of hydrogen-bond donors (Lipinski definition) is 1. The van der Waals surface area contributed by atoms with Crippen molar-refractivity contribution in [1.29, 1.82) is 0 Å². The molecule has 0 unspecified atom stereocenters. The Morgan fingerprint density at radius 2 is 1.75 bits per heavy atom. The molecule has 0 saturated carbocycles. The summed E-state index contributed by atoms with van der Waals surface area (Å²) in [5.74, 6) is -1.09. The average molecular weight is 331 g/mol. The van der Waals surface area contributed by atoms with Crippen LogP contribution >= 0.6 is 0 Å². The fourth-order valence-corrected chi connectivity index (χ4v) is 2.68. The average Bonchev–Trinajstić information content (AvgIpc) is 2.92. The molecule has 6 heteroatoms. The second kappa shape index (κ2) is 9.05. The number of unbranched alkanes of at least 4 members (excludes halogenated alkanes) is 5. The van der Waals surface area contributed by atoms with Crippen molar-refractivity contribution in [2.45, 2.75) is 58.4 Å². The minimum absolute atomic E-state index is 0.429. The van der Waals surface area contributed by atoms with Crippen molar-refractivity contribution in [3.05, 3.63) is 46.6 Å². The maximum atomic E-state index is 12.1. The zero-order valence-electron chi connectivity index (χ0n) is 14.1. The van der Waals surface area contributed by atoms with E-state index in [9.17, 15) is 9.59 Å². The molecule has 0 aliphatic heterocycles. The predicted molar refractivity (Wildman–Crippen MR) is 92.5 cm³/mol. The van der Waals surface area contributed by atoms with Gasteiger partial charge in [0.05, 0.1) is 5.69 Å². The normalized spacial score (nSPS) is 10.9. The van der Waals surface area contributed by atoms with Crippen LogP contribution in [0.4, 0.5) is 0 Å². The molecule has 6 nitrogen and oxygen atoms in total. The van der Waals surface area contributed by atoms with Crippen LogP contribution in [0.25, 0.3) is 5.69 Å². The first-order valence-electron chi connectivity index (χ1n) is 8.57. The Bertz CT molecular complexity index is 701. The molecule has 0 amide bonds. The van der Waals surface area contributed by atoms with Crippen molar-refractivity contribution in [3.8, 4) is 5.69 Å². The molecule has 1 heterocycles. The van der Waals surface area contributed by atoms with Crippen LogP contribution in [-0.4, -0.2) is 25.4 Å². The molecule has 1 aromatic heterocycles. The van der Waals surface area contributed by atoms with Gasteiger partial charge < -0.3 is 5.11 Å². The largest absolute Gasteiger partial charge is 0.480 e. The Kier molecular flexibility index (Phi) is 6.78. The summed E-state index contributed by atoms with van der Waals surface area (Å²) in [5.41, 5.74) is 1.50. The van der Waals surface area contributed by atoms with Crippen molar-refractivity contribution in [2.75, 3.05) is 0 Å². The van der Waals surface area contributed by atoms with Gasteiger partial charge in [0, 0.05) is 0 Å². The quantitative estimate of drug-likeness (QED) is 0.679. The van der Waals surface area contributed by atoms with Gasteiger partial charge in [-0.15, -0.1) is 0 Å². The van der Waals surface area contributed by atoms with E-state index >= 15 is 0 Å². The van der Waals surface area contributed by atoms with Crippen molar-refractivity contribution in [3.63, 3.8) is 0 Å². The number of hydrogen-bond acceptors (Lipinski definition) is 3. The fourth-order valence-electron chi connectivity index (χ4n) is 2.68. The Morgan fingerprint density at radius 3 is 2.42 bits per heavy atom. The summed E-state index contributed by atoms with van der Waals surface area (Å²) in [6.07, 6.45) is 10.0. The van der Waals surface area contributed by atoms with Gasteiger partial charge in [-0.3, -0.25) is 4.79 Å². The van der Waals surface area contributed by atoms with Crippen LogP contribution < -0.4 is 5.69 Å². The highest BCUT2D eigenvalue weighted by Crippen LogP contribution is 2.12. The number of benzene rings is 1. The van der Waals surface area contributed by atoms with Crippen LogP contribution in [-0.2, 0) is 17.8 Å². The molecule has 2 aromatic rings. The molecule has 0 bridgehead atoms. The minimum Gasteiger partial charge on any atom is -0.480 e. The van der Waals surface area contributed by atoms with E-state index in [2.05, 4.69) is 12.0 Å². The topological polar surface area (TPSA) is 77.1 Å². The van der Waals surface area contributed by atoms with Crippen LogP contribution in [0.1, 0.15) is 51.0 Å². The van der Waals surface area contributed by atoms with Crippen LogP contribution in [0.2, 0.25) is 0 Å². The van der Waals surface area contributed by atoms with Crippen molar-refractivity contribution in [1.82, 2.24) is 14.3 Å². The second-order valence-corrected chi connectivity index (χ2v) is 6.02. The Morgan fingerprint density at radius 1 is 1.08 bits per heavy atom. The lowest BCUT2D eigenvalue weighted by Gasteiger charge is -2.04. The first kappa shape index (κ1) is 18.0. The summed E-state index contributed by atoms with van der Waals surface area (Å²) < 4.78 is 2.30. The molecule has 1 aromatic carbocycles. The van der Waals surface area contributed by atoms with Gasteiger partial charge in [-0.25, -0.2) is 14.0 Å². The minimum atomic E-state index is -1.09. The SMILES string of the molecule is CCCCCCCCc1ccc(-n2cnn(CC(=O)O)c2=O)cc1. The molecule has 1 N–H and O–H groups in total. The van der Waals surface area contributed by atoms with Gasteiger partial charge in [-0.2, -0.15) is 5.10 Å². The molecular formula is C18H25N3O3. The summed E-state index contributed by atoms with van der Waals surface area (Å²) in [6, 6.07) is 7.78. The lowest BCUT2D eigenvalue weighted by Crippen LogP contribution is -2.26. The Labute approximate surface area is 141 Å². The zero-order chi connectivity index (χ0) is 17.4. The van der Waals surface area contributed by atoms with E-state index < -0.39 is 18.2 Å². The van der Waals surface area contributed by atoms with Gasteiger partial charge in [0.15, 0.2) is 0 Å². The molecule has 130 valence electrons. The summed E-state index contributed by atoms with van der Waals surface area (Å²) in [4.78, 5) is 22.8. The number of nitrogens with zero attached hydrogens (tertiary/aromatic N) is 3. The summed E-state index contributed by atoms with van der Waals surface area (Å²) >= 11 is 0. The summed E-state index contributed by atoms with van der Waals surface area (Å²) in [6.45, 7) is 1.79. The van der Waals surface area contributed by atoms with Gasteiger partial charge in [-0.05, 0) is 30.5 Å². The van der Waals surface area contributed by atoms with Gasteiger partial charge >= 0.3 is 11.7 Å². The first-order chi connectivity index (χ1) is 11.6. The van der Waals surface area contributed by atoms with Crippen LogP contribution in [0, 0.1) is 0 Å². The Balaban J connectivity index is 1.91. The maximum absolute atomic E-state index is 12.1. The van der Waals surface area contributed by atoms with Gasteiger partial charge in [0.1, 0.15) is 12.9 Å². The highest BCUT2D eigenvalue weighted by atomic mass is 16.4. The highest BCUT2D eigenvalue weighted by molar-refractivity contribution is 5.66. The number of aliphatic carboxylic acids is 1. The first-order valence-corrected chi connectivity index (χ1v) is 8.57. The number of aryl methyl sites for hydroxylation is 1. The number of carbonyl (C=O) groups is 1. The van der Waals surface area contributed by atoms with Gasteiger partial charge in [0.2, 0.25) is 0 Å². The van der Waals surface area contributed by atoms with E-state index in [0.29, 0.717) is 5.69 Å². The number of carboxylic acid groups (broad SMARTS) is 1. The Hall–Kier alpha value is -2.37. The number of carboxylic acids is 1. The lowest BCUT2D eigenvalue weighted by molar-refractivity contribution is -0.137. The number of rotatable bonds is 10. The van der Waals surface area contributed by atoms with Crippen LogP contribution in [0.3, 0.4) is 0 Å². The third-order valence-corrected chi connectivity index (χ3v) is 4.05. The van der Waals surface area contributed by atoms with Gasteiger partial charge in [0.25, 0.3) is 0 Å². The van der Waals surface area contributed by atoms with Crippen LogP contribution in [0.15, 0.2) is 35.4 Å². The molecule has 0 aliphatic carbocycles. The third-order valence-electron chi connectivity index (χ3n) is 4.05. The zero-order valence-corrected chi connectivity index (χ0v) is 14.1. The highest BCUT2D eigenvalue weighted by Gasteiger charge is 2.09. The molecule has 2 rings (SSSR count). The van der Waals surface area contributed by atoms with E-state index in [-0.39, 0.29) is 0 Å². The molecule has 0 radical (unpaired) electrons. The number of aromatic nitrogens is 3. The van der Waals surface area contributed by atoms with Crippen molar-refractivity contribution in [2.24, 2.45) is 0 Å². The molecular weight excluding hydrogens is 306 g/mol. The third kappa shape index (κ3) is 5.08. The molecule has 0 fully saturated rings. The molecule has 0 atom stereocenters. The summed E-state index contributed by atoms with van der Waals surface area (Å²) in [5, 5.41) is 12.6. The van der Waals surface area contributed by atoms with E-state index in [0.717, 1.165) is 11.1 Å². The van der Waals surface area contributed by atoms with E-state index in [4.69, 9.17) is 5.11 Å². The fraction of sp³-hybridized carbons (Fsp3) is 0.500. The van der Waals surface area contributed by atoms with Crippen molar-refractivity contribution >= 4 is 5.97 Å². The van der Waals surface area contributed by atoms with Gasteiger partial charge in [-0.1, -0.05) is 51.2 Å². The van der Waals surface area contributed by atoms with E-state index in [1.165, 1.54) is 55.0 Å². The summed E-state index contributed by atoms with van der Waals surface area (Å²) in [7, 11) is 0. The molecule has 0 saturated heterocycles. The standard InChI is InChI=1S/C18H25N3O3/c1-2-3-4-5-6-7-8-15-9-11-16(12-10-15)20-14-19-21(18(20)24)13-17(22)23/h9-12,14H,2-8,13H2,1H3,(H,22,23). The smallest absolute Gasteiger partial charge is 0.350 e. The maximum Gasteiger partial charge on any atom is 0.350 e. The van der Waals surface area contributed by atoms with Crippen molar-refractivity contribution < 1.29 is 9.90 Å².